The Morgan fingerprint density at radius 3 is 2.31 bits per heavy atom. The number of carbonyl (C=O) groups is 2. The van der Waals surface area contributed by atoms with Crippen LogP contribution in [0.3, 0.4) is 0 Å². The van der Waals surface area contributed by atoms with Crippen LogP contribution < -0.4 is 5.32 Å². The number of nitrogens with zero attached hydrogens (tertiary/aromatic N) is 2. The van der Waals surface area contributed by atoms with Crippen LogP contribution in [0.1, 0.15) is 29.0 Å². The Bertz CT molecular complexity index is 1040. The number of anilines is 1. The summed E-state index contributed by atoms with van der Waals surface area (Å²) in [6.45, 7) is 4.71. The van der Waals surface area contributed by atoms with E-state index < -0.39 is 17.8 Å². The van der Waals surface area contributed by atoms with Crippen LogP contribution in [0.25, 0.3) is 0 Å². The van der Waals surface area contributed by atoms with Gasteiger partial charge in [0.1, 0.15) is 0 Å². The first kappa shape index (κ1) is 25.8. The third kappa shape index (κ3) is 6.69. The lowest BCUT2D eigenvalue weighted by Gasteiger charge is -2.41. The van der Waals surface area contributed by atoms with E-state index in [9.17, 15) is 22.8 Å². The highest BCUT2D eigenvalue weighted by atomic mass is 19.4. The predicted octanol–water partition coefficient (Wildman–Crippen LogP) is 5.12. The highest BCUT2D eigenvalue weighted by molar-refractivity contribution is 5.84. The van der Waals surface area contributed by atoms with Crippen LogP contribution in [0.5, 0.6) is 0 Å². The number of likely N-dealkylation sites (tertiary alicyclic amines) is 1. The SMILES string of the molecule is Cc1ccc(NC(=O)OCC2CC(c3ccc(C(F)(F)F)cc3)CN(C(=O)N3CCOCC3)C2)cc1. The third-order valence-electron chi connectivity index (χ3n) is 6.55. The Labute approximate surface area is 208 Å². The van der Waals surface area contributed by atoms with E-state index in [1.807, 2.05) is 19.1 Å². The summed E-state index contributed by atoms with van der Waals surface area (Å²) < 4.78 is 49.9. The average Bonchev–Trinajstić information content (AvgIpc) is 2.88. The lowest BCUT2D eigenvalue weighted by Crippen LogP contribution is -2.52. The van der Waals surface area contributed by atoms with Gasteiger partial charge in [0.25, 0.3) is 0 Å². The van der Waals surface area contributed by atoms with E-state index in [1.165, 1.54) is 12.1 Å². The van der Waals surface area contributed by atoms with E-state index in [0.717, 1.165) is 23.3 Å². The fourth-order valence-corrected chi connectivity index (χ4v) is 4.61. The van der Waals surface area contributed by atoms with E-state index in [4.69, 9.17) is 9.47 Å². The number of nitrogens with one attached hydrogen (secondary N) is 1. The van der Waals surface area contributed by atoms with Crippen LogP contribution >= 0.6 is 0 Å². The Kier molecular flexibility index (Phi) is 8.03. The van der Waals surface area contributed by atoms with Crippen molar-refractivity contribution in [2.24, 2.45) is 5.92 Å². The fraction of sp³-hybridized carbons (Fsp3) is 0.462. The molecule has 2 heterocycles. The smallest absolute Gasteiger partial charge is 0.416 e. The third-order valence-corrected chi connectivity index (χ3v) is 6.55. The van der Waals surface area contributed by atoms with Gasteiger partial charge in [0.15, 0.2) is 0 Å². The summed E-state index contributed by atoms with van der Waals surface area (Å²) in [6, 6.07) is 12.2. The molecular weight excluding hydrogens is 475 g/mol. The molecule has 7 nitrogen and oxygen atoms in total. The van der Waals surface area contributed by atoms with Gasteiger partial charge in [-0.05, 0) is 43.2 Å². The monoisotopic (exact) mass is 505 g/mol. The zero-order valence-corrected chi connectivity index (χ0v) is 20.1. The van der Waals surface area contributed by atoms with Crippen LogP contribution in [-0.2, 0) is 15.7 Å². The maximum atomic E-state index is 13.2. The number of rotatable bonds is 4. The Morgan fingerprint density at radius 2 is 1.67 bits per heavy atom. The molecule has 36 heavy (non-hydrogen) atoms. The zero-order chi connectivity index (χ0) is 25.7. The van der Waals surface area contributed by atoms with Gasteiger partial charge in [0.05, 0.1) is 25.4 Å². The van der Waals surface area contributed by atoms with Gasteiger partial charge in [-0.1, -0.05) is 29.8 Å². The molecule has 2 saturated heterocycles. The Balaban J connectivity index is 1.44. The molecule has 0 radical (unpaired) electrons. The van der Waals surface area contributed by atoms with Crippen molar-refractivity contribution in [3.63, 3.8) is 0 Å². The predicted molar refractivity (Wildman–Crippen MR) is 128 cm³/mol. The van der Waals surface area contributed by atoms with Gasteiger partial charge in [-0.2, -0.15) is 13.2 Å². The second-order valence-electron chi connectivity index (χ2n) is 9.29. The summed E-state index contributed by atoms with van der Waals surface area (Å²) in [5, 5.41) is 2.69. The molecule has 4 rings (SSSR count). The second kappa shape index (κ2) is 11.2. The molecular formula is C26H30F3N3O4. The molecule has 2 aromatic carbocycles. The summed E-state index contributed by atoms with van der Waals surface area (Å²) in [7, 11) is 0. The van der Waals surface area contributed by atoms with E-state index >= 15 is 0 Å². The molecule has 2 unspecified atom stereocenters. The lowest BCUT2D eigenvalue weighted by molar-refractivity contribution is -0.137. The summed E-state index contributed by atoms with van der Waals surface area (Å²) in [6.07, 6.45) is -4.43. The molecule has 2 fully saturated rings. The van der Waals surface area contributed by atoms with Gasteiger partial charge in [-0.25, -0.2) is 9.59 Å². The van der Waals surface area contributed by atoms with Crippen molar-refractivity contribution < 1.29 is 32.2 Å². The quantitative estimate of drug-likeness (QED) is 0.626. The first-order valence-corrected chi connectivity index (χ1v) is 12.0. The standard InChI is InChI=1S/C26H30F3N3O4/c1-18-2-8-23(9-3-18)30-24(33)36-17-19-14-21(20-4-6-22(7-5-20)26(27,28)29)16-32(15-19)25(34)31-10-12-35-13-11-31/h2-9,19,21H,10-17H2,1H3,(H,30,33). The molecule has 0 saturated carbocycles. The fourth-order valence-electron chi connectivity index (χ4n) is 4.61. The summed E-state index contributed by atoms with van der Waals surface area (Å²) >= 11 is 0. The molecule has 2 aliphatic rings. The summed E-state index contributed by atoms with van der Waals surface area (Å²) in [5.74, 6) is -0.348. The van der Waals surface area contributed by atoms with E-state index in [2.05, 4.69) is 5.32 Å². The molecule has 2 aromatic rings. The number of benzene rings is 2. The number of alkyl halides is 3. The average molecular weight is 506 g/mol. The summed E-state index contributed by atoms with van der Waals surface area (Å²) in [5.41, 5.74) is 1.68. The number of urea groups is 1. The van der Waals surface area contributed by atoms with Crippen LogP contribution in [0.4, 0.5) is 28.4 Å². The van der Waals surface area contributed by atoms with Gasteiger partial charge in [0.2, 0.25) is 0 Å². The van der Waals surface area contributed by atoms with Gasteiger partial charge < -0.3 is 19.3 Å². The Morgan fingerprint density at radius 1 is 1.00 bits per heavy atom. The first-order valence-electron chi connectivity index (χ1n) is 12.0. The molecule has 0 bridgehead atoms. The number of ether oxygens (including phenoxy) is 2. The van der Waals surface area contributed by atoms with Crippen molar-refractivity contribution >= 4 is 17.8 Å². The van der Waals surface area contributed by atoms with Crippen LogP contribution in [0.15, 0.2) is 48.5 Å². The second-order valence-corrected chi connectivity index (χ2v) is 9.29. The maximum Gasteiger partial charge on any atom is 0.416 e. The van der Waals surface area contributed by atoms with E-state index in [-0.39, 0.29) is 24.5 Å². The number of piperidine rings is 1. The van der Waals surface area contributed by atoms with Gasteiger partial charge in [-0.3, -0.25) is 5.32 Å². The molecule has 0 spiro atoms. The minimum absolute atomic E-state index is 0.0850. The maximum absolute atomic E-state index is 13.2. The summed E-state index contributed by atoms with van der Waals surface area (Å²) in [4.78, 5) is 29.0. The van der Waals surface area contributed by atoms with Crippen molar-refractivity contribution in [2.75, 3.05) is 51.3 Å². The van der Waals surface area contributed by atoms with Gasteiger partial charge in [0, 0.05) is 43.7 Å². The zero-order valence-electron chi connectivity index (χ0n) is 20.1. The van der Waals surface area contributed by atoms with Crippen molar-refractivity contribution in [3.05, 3.63) is 65.2 Å². The largest absolute Gasteiger partial charge is 0.449 e. The number of carbonyl (C=O) groups excluding carboxylic acids is 2. The number of hydrogen-bond donors (Lipinski definition) is 1. The molecule has 194 valence electrons. The van der Waals surface area contributed by atoms with Crippen molar-refractivity contribution in [3.8, 4) is 0 Å². The first-order chi connectivity index (χ1) is 17.2. The highest BCUT2D eigenvalue weighted by Gasteiger charge is 2.35. The topological polar surface area (TPSA) is 71.1 Å². The molecule has 0 aromatic heterocycles. The lowest BCUT2D eigenvalue weighted by atomic mass is 9.84. The molecule has 1 N–H and O–H groups in total. The normalized spacial score (nSPS) is 20.7. The molecule has 2 atom stereocenters. The molecule has 2 aliphatic heterocycles. The van der Waals surface area contributed by atoms with E-state index in [0.29, 0.717) is 51.5 Å². The van der Waals surface area contributed by atoms with Gasteiger partial charge >= 0.3 is 18.3 Å². The number of amides is 3. The van der Waals surface area contributed by atoms with Crippen LogP contribution in [0, 0.1) is 12.8 Å². The van der Waals surface area contributed by atoms with E-state index in [1.54, 1.807) is 21.9 Å². The highest BCUT2D eigenvalue weighted by Crippen LogP contribution is 2.34. The molecule has 10 heteroatoms. The Hall–Kier alpha value is -3.27. The molecule has 3 amide bonds. The van der Waals surface area contributed by atoms with Gasteiger partial charge in [-0.15, -0.1) is 0 Å². The minimum Gasteiger partial charge on any atom is -0.449 e. The number of morpholine rings is 1. The number of hydrogen-bond acceptors (Lipinski definition) is 4. The van der Waals surface area contributed by atoms with Crippen molar-refractivity contribution in [2.45, 2.75) is 25.4 Å². The minimum atomic E-state index is -4.41. The number of halogens is 3. The van der Waals surface area contributed by atoms with Crippen LogP contribution in [-0.4, -0.2) is 67.9 Å². The molecule has 0 aliphatic carbocycles. The van der Waals surface area contributed by atoms with Crippen molar-refractivity contribution in [1.82, 2.24) is 9.80 Å². The number of aryl methyl sites for hydroxylation is 1. The van der Waals surface area contributed by atoms with Crippen molar-refractivity contribution in [1.29, 1.82) is 0 Å². The van der Waals surface area contributed by atoms with Crippen LogP contribution in [0.2, 0.25) is 0 Å².